The first-order chi connectivity index (χ1) is 9.80. The van der Waals surface area contributed by atoms with Crippen LogP contribution in [0.4, 0.5) is 0 Å². The molecule has 1 heterocycles. The number of sulfone groups is 1. The number of allylic oxidation sites excluding steroid dienone is 2. The normalized spacial score (nSPS) is 39.6. The lowest BCUT2D eigenvalue weighted by atomic mass is 9.82. The summed E-state index contributed by atoms with van der Waals surface area (Å²) in [6.45, 7) is 0. The van der Waals surface area contributed by atoms with Crippen LogP contribution in [-0.4, -0.2) is 54.9 Å². The minimum Gasteiger partial charge on any atom is -0.481 e. The standard InChI is InChI=1S/C14H19NO5S/c1-15(10-4-5-21(19,20)7-10)13(16)11-8-2-3-9(6-8)12(11)14(17)18/h2-3,8-12H,4-7H2,1H3,(H,17,18)/t8-,9+,10-,11+,12+/m1/s1. The number of hydrogen-bond donors (Lipinski definition) is 1. The first-order valence-electron chi connectivity index (χ1n) is 7.18. The van der Waals surface area contributed by atoms with E-state index in [1.165, 1.54) is 4.90 Å². The number of carboxylic acid groups (broad SMARTS) is 1. The van der Waals surface area contributed by atoms with Crippen LogP contribution in [0.1, 0.15) is 12.8 Å². The molecule has 1 saturated carbocycles. The average molecular weight is 313 g/mol. The second-order valence-electron chi connectivity index (χ2n) is 6.34. The summed E-state index contributed by atoms with van der Waals surface area (Å²) in [5.41, 5.74) is 0. The summed E-state index contributed by atoms with van der Waals surface area (Å²) in [5, 5.41) is 9.38. The van der Waals surface area contributed by atoms with Gasteiger partial charge in [-0.1, -0.05) is 12.2 Å². The van der Waals surface area contributed by atoms with Gasteiger partial charge in [0.1, 0.15) is 0 Å². The van der Waals surface area contributed by atoms with Crippen LogP contribution in [0.5, 0.6) is 0 Å². The van der Waals surface area contributed by atoms with Crippen LogP contribution in [0.2, 0.25) is 0 Å². The highest BCUT2D eigenvalue weighted by Crippen LogP contribution is 2.48. The highest BCUT2D eigenvalue weighted by atomic mass is 32.2. The summed E-state index contributed by atoms with van der Waals surface area (Å²) < 4.78 is 23.1. The van der Waals surface area contributed by atoms with Crippen molar-refractivity contribution in [3.05, 3.63) is 12.2 Å². The molecule has 2 fully saturated rings. The minimum absolute atomic E-state index is 0.0103. The molecule has 5 atom stereocenters. The molecule has 0 spiro atoms. The first-order valence-corrected chi connectivity index (χ1v) is 9.00. The Bertz CT molecular complexity index is 611. The van der Waals surface area contributed by atoms with Gasteiger partial charge in [-0.25, -0.2) is 8.42 Å². The second kappa shape index (κ2) is 4.83. The van der Waals surface area contributed by atoms with Gasteiger partial charge in [-0.15, -0.1) is 0 Å². The number of carbonyl (C=O) groups excluding carboxylic acids is 1. The van der Waals surface area contributed by atoms with Gasteiger partial charge in [0.15, 0.2) is 9.84 Å². The van der Waals surface area contributed by atoms with Gasteiger partial charge in [0.25, 0.3) is 0 Å². The molecule has 1 saturated heterocycles. The Morgan fingerprint density at radius 1 is 1.19 bits per heavy atom. The van der Waals surface area contributed by atoms with Gasteiger partial charge in [-0.2, -0.15) is 0 Å². The van der Waals surface area contributed by atoms with E-state index in [1.54, 1.807) is 7.05 Å². The van der Waals surface area contributed by atoms with E-state index in [0.717, 1.165) is 0 Å². The van der Waals surface area contributed by atoms with Crippen molar-refractivity contribution in [1.82, 2.24) is 4.90 Å². The zero-order valence-corrected chi connectivity index (χ0v) is 12.6. The quantitative estimate of drug-likeness (QED) is 0.749. The van der Waals surface area contributed by atoms with Crippen LogP contribution in [-0.2, 0) is 19.4 Å². The number of nitrogens with zero attached hydrogens (tertiary/aromatic N) is 1. The van der Waals surface area contributed by atoms with E-state index in [1.807, 2.05) is 12.2 Å². The SMILES string of the molecule is CN(C(=O)[C@@H]1[C@@H](C(=O)O)[C@H]2C=C[C@@H]1C2)[C@@H]1CCS(=O)(=O)C1. The Labute approximate surface area is 123 Å². The van der Waals surface area contributed by atoms with Crippen molar-refractivity contribution in [1.29, 1.82) is 0 Å². The summed E-state index contributed by atoms with van der Waals surface area (Å²) in [5.74, 6) is -2.37. The minimum atomic E-state index is -3.06. The maximum atomic E-state index is 12.7. The van der Waals surface area contributed by atoms with Crippen molar-refractivity contribution < 1.29 is 23.1 Å². The molecule has 1 aliphatic heterocycles. The molecule has 116 valence electrons. The zero-order valence-electron chi connectivity index (χ0n) is 11.8. The fourth-order valence-electron chi connectivity index (χ4n) is 3.99. The Hall–Kier alpha value is -1.37. The van der Waals surface area contributed by atoms with Gasteiger partial charge in [0.05, 0.1) is 23.3 Å². The number of rotatable bonds is 3. The lowest BCUT2D eigenvalue weighted by molar-refractivity contribution is -0.151. The van der Waals surface area contributed by atoms with Gasteiger partial charge >= 0.3 is 5.97 Å². The first kappa shape index (κ1) is 14.6. The van der Waals surface area contributed by atoms with Gasteiger partial charge in [-0.05, 0) is 24.7 Å². The molecule has 0 aromatic carbocycles. The summed E-state index contributed by atoms with van der Waals surface area (Å²) in [6, 6.07) is -0.319. The Morgan fingerprint density at radius 3 is 2.33 bits per heavy atom. The van der Waals surface area contributed by atoms with Crippen LogP contribution < -0.4 is 0 Å². The molecule has 3 rings (SSSR count). The molecular weight excluding hydrogens is 294 g/mol. The second-order valence-corrected chi connectivity index (χ2v) is 8.57. The number of carboxylic acids is 1. The monoisotopic (exact) mass is 313 g/mol. The van der Waals surface area contributed by atoms with E-state index in [9.17, 15) is 23.1 Å². The van der Waals surface area contributed by atoms with Gasteiger partial charge < -0.3 is 10.0 Å². The third kappa shape index (κ3) is 2.37. The van der Waals surface area contributed by atoms with Crippen molar-refractivity contribution in [2.75, 3.05) is 18.6 Å². The van der Waals surface area contributed by atoms with Crippen LogP contribution >= 0.6 is 0 Å². The number of aliphatic carboxylic acids is 1. The molecule has 1 amide bonds. The lowest BCUT2D eigenvalue weighted by Gasteiger charge is -2.31. The summed E-state index contributed by atoms with van der Waals surface area (Å²) >= 11 is 0. The molecule has 21 heavy (non-hydrogen) atoms. The van der Waals surface area contributed by atoms with Crippen molar-refractivity contribution in [3.63, 3.8) is 0 Å². The molecule has 0 aromatic rings. The molecule has 3 aliphatic rings. The van der Waals surface area contributed by atoms with Crippen molar-refractivity contribution in [2.24, 2.45) is 23.7 Å². The van der Waals surface area contributed by atoms with Crippen LogP contribution in [0.25, 0.3) is 0 Å². The molecular formula is C14H19NO5S. The molecule has 0 unspecified atom stereocenters. The molecule has 0 radical (unpaired) electrons. The highest BCUT2D eigenvalue weighted by molar-refractivity contribution is 7.91. The van der Waals surface area contributed by atoms with E-state index in [2.05, 4.69) is 0 Å². The molecule has 6 nitrogen and oxygen atoms in total. The van der Waals surface area contributed by atoms with Crippen LogP contribution in [0, 0.1) is 23.7 Å². The topological polar surface area (TPSA) is 91.8 Å². The maximum absolute atomic E-state index is 12.7. The fourth-order valence-corrected chi connectivity index (χ4v) is 5.77. The van der Waals surface area contributed by atoms with Crippen molar-refractivity contribution in [2.45, 2.75) is 18.9 Å². The van der Waals surface area contributed by atoms with Gasteiger partial charge in [-0.3, -0.25) is 9.59 Å². The Kier molecular flexibility index (Phi) is 3.35. The van der Waals surface area contributed by atoms with E-state index < -0.39 is 27.6 Å². The highest BCUT2D eigenvalue weighted by Gasteiger charge is 2.53. The maximum Gasteiger partial charge on any atom is 0.307 e. The van der Waals surface area contributed by atoms with E-state index in [4.69, 9.17) is 0 Å². The van der Waals surface area contributed by atoms with Crippen LogP contribution in [0.15, 0.2) is 12.2 Å². The molecule has 0 aromatic heterocycles. The summed E-state index contributed by atoms with van der Waals surface area (Å²) in [4.78, 5) is 25.6. The van der Waals surface area contributed by atoms with Gasteiger partial charge in [0, 0.05) is 13.1 Å². The van der Waals surface area contributed by atoms with E-state index in [0.29, 0.717) is 12.8 Å². The smallest absolute Gasteiger partial charge is 0.307 e. The Balaban J connectivity index is 1.78. The van der Waals surface area contributed by atoms with Crippen molar-refractivity contribution in [3.8, 4) is 0 Å². The zero-order chi connectivity index (χ0) is 15.4. The Morgan fingerprint density at radius 2 is 1.81 bits per heavy atom. The van der Waals surface area contributed by atoms with Crippen LogP contribution in [0.3, 0.4) is 0 Å². The average Bonchev–Trinajstić information content (AvgIpc) is 3.09. The predicted octanol–water partition coefficient (Wildman–Crippen LogP) is 0.155. The summed E-state index contributed by atoms with van der Waals surface area (Å²) in [7, 11) is -1.46. The molecule has 2 bridgehead atoms. The largest absolute Gasteiger partial charge is 0.481 e. The molecule has 2 aliphatic carbocycles. The lowest BCUT2D eigenvalue weighted by Crippen LogP contribution is -2.46. The van der Waals surface area contributed by atoms with E-state index in [-0.39, 0.29) is 35.3 Å². The fraction of sp³-hybridized carbons (Fsp3) is 0.714. The third-order valence-corrected chi connectivity index (χ3v) is 6.88. The molecule has 7 heteroatoms. The number of amides is 1. The van der Waals surface area contributed by atoms with Crippen molar-refractivity contribution >= 4 is 21.7 Å². The third-order valence-electron chi connectivity index (χ3n) is 5.13. The summed E-state index contributed by atoms with van der Waals surface area (Å²) in [6.07, 6.45) is 4.99. The number of fused-ring (bicyclic) bond motifs is 2. The number of hydrogen-bond acceptors (Lipinski definition) is 4. The number of carbonyl (C=O) groups is 2. The molecule has 1 N–H and O–H groups in total. The predicted molar refractivity (Wildman–Crippen MR) is 75.2 cm³/mol. The van der Waals surface area contributed by atoms with Gasteiger partial charge in [0.2, 0.25) is 5.91 Å². The van der Waals surface area contributed by atoms with E-state index >= 15 is 0 Å².